The number of hydrogen-bond acceptors (Lipinski definition) is 1. The van der Waals surface area contributed by atoms with Crippen LogP contribution in [-0.2, 0) is 4.43 Å². The Morgan fingerprint density at radius 2 is 1.71 bits per heavy atom. The Bertz CT molecular complexity index is 289. The first-order valence-corrected chi connectivity index (χ1v) is 9.86. The topological polar surface area (TPSA) is 9.23 Å². The van der Waals surface area contributed by atoms with Gasteiger partial charge in [-0.2, -0.15) is 0 Å². The normalized spacial score (nSPS) is 14.5. The molecule has 0 aromatic carbocycles. The summed E-state index contributed by atoms with van der Waals surface area (Å²) in [6.45, 7) is 21.4. The van der Waals surface area contributed by atoms with Gasteiger partial charge in [0.05, 0.1) is 6.10 Å². The minimum absolute atomic E-state index is 0.141. The van der Waals surface area contributed by atoms with Crippen LogP contribution in [0.25, 0.3) is 0 Å². The van der Waals surface area contributed by atoms with Crippen LogP contribution in [0.5, 0.6) is 0 Å². The molecule has 0 fully saturated rings. The summed E-state index contributed by atoms with van der Waals surface area (Å²) in [6.07, 6.45) is 2.02. The van der Waals surface area contributed by atoms with Gasteiger partial charge in [-0.25, -0.2) is 0 Å². The predicted molar refractivity (Wildman–Crippen MR) is 84.2 cm³/mol. The SMILES string of the molecule is C=C(Br)CCC(=C)[C@@H](C)O[Si](C)(C)C(C)(C)C. The third-order valence-corrected chi connectivity index (χ3v) is 8.52. The van der Waals surface area contributed by atoms with Crippen LogP contribution < -0.4 is 0 Å². The minimum atomic E-state index is -1.68. The molecule has 17 heavy (non-hydrogen) atoms. The van der Waals surface area contributed by atoms with Gasteiger partial charge in [0.2, 0.25) is 0 Å². The van der Waals surface area contributed by atoms with E-state index in [0.29, 0.717) is 0 Å². The van der Waals surface area contributed by atoms with E-state index in [1.54, 1.807) is 0 Å². The van der Waals surface area contributed by atoms with Gasteiger partial charge in [0.1, 0.15) is 0 Å². The molecule has 0 aliphatic rings. The van der Waals surface area contributed by atoms with Crippen LogP contribution in [0.2, 0.25) is 18.1 Å². The van der Waals surface area contributed by atoms with Crippen LogP contribution >= 0.6 is 15.9 Å². The van der Waals surface area contributed by atoms with Gasteiger partial charge in [0.15, 0.2) is 8.32 Å². The van der Waals surface area contributed by atoms with Gasteiger partial charge in [-0.05, 0) is 48.0 Å². The van der Waals surface area contributed by atoms with E-state index in [9.17, 15) is 0 Å². The maximum atomic E-state index is 6.29. The lowest BCUT2D eigenvalue weighted by atomic mass is 10.1. The fourth-order valence-corrected chi connectivity index (χ4v) is 2.80. The summed E-state index contributed by atoms with van der Waals surface area (Å²) >= 11 is 3.38. The van der Waals surface area contributed by atoms with Crippen LogP contribution in [0.1, 0.15) is 40.5 Å². The Kier molecular flexibility index (Phi) is 6.40. The van der Waals surface area contributed by atoms with E-state index in [1.165, 1.54) is 0 Å². The molecular weight excluding hydrogens is 292 g/mol. The van der Waals surface area contributed by atoms with Crippen molar-refractivity contribution in [2.75, 3.05) is 0 Å². The standard InChI is InChI=1S/C14H27BrOSi/c1-11(9-10-12(2)15)13(3)16-17(7,8)14(4,5)6/h13H,1-2,9-10H2,3-8H3/t13-/m1/s1. The van der Waals surface area contributed by atoms with Crippen molar-refractivity contribution in [3.8, 4) is 0 Å². The Labute approximate surface area is 117 Å². The van der Waals surface area contributed by atoms with Crippen molar-refractivity contribution in [3.63, 3.8) is 0 Å². The zero-order chi connectivity index (χ0) is 13.9. The Balaban J connectivity index is 4.39. The summed E-state index contributed by atoms with van der Waals surface area (Å²) in [5.74, 6) is 0. The van der Waals surface area contributed by atoms with E-state index in [0.717, 1.165) is 22.9 Å². The van der Waals surface area contributed by atoms with Crippen molar-refractivity contribution in [2.45, 2.75) is 64.8 Å². The third kappa shape index (κ3) is 6.02. The first-order chi connectivity index (χ1) is 7.47. The van der Waals surface area contributed by atoms with Gasteiger partial charge in [-0.3, -0.25) is 0 Å². The second-order valence-corrected chi connectivity index (χ2v) is 12.1. The number of rotatable bonds is 6. The van der Waals surface area contributed by atoms with Crippen molar-refractivity contribution >= 4 is 24.2 Å². The number of allylic oxidation sites excluding steroid dienone is 1. The molecule has 0 aliphatic heterocycles. The van der Waals surface area contributed by atoms with Crippen molar-refractivity contribution in [1.82, 2.24) is 0 Å². The average molecular weight is 319 g/mol. The Morgan fingerprint density at radius 3 is 2.06 bits per heavy atom. The molecule has 0 aromatic rings. The highest BCUT2D eigenvalue weighted by Crippen LogP contribution is 2.38. The van der Waals surface area contributed by atoms with Gasteiger partial charge in [0.25, 0.3) is 0 Å². The highest BCUT2D eigenvalue weighted by molar-refractivity contribution is 9.11. The molecule has 0 unspecified atom stereocenters. The molecule has 0 spiro atoms. The molecule has 1 nitrogen and oxygen atoms in total. The Morgan fingerprint density at radius 1 is 1.24 bits per heavy atom. The van der Waals surface area contributed by atoms with Gasteiger partial charge < -0.3 is 4.43 Å². The zero-order valence-electron chi connectivity index (χ0n) is 12.2. The zero-order valence-corrected chi connectivity index (χ0v) is 14.8. The molecular formula is C14H27BrOSi. The second-order valence-electron chi connectivity index (χ2n) is 6.20. The van der Waals surface area contributed by atoms with E-state index in [-0.39, 0.29) is 11.1 Å². The summed E-state index contributed by atoms with van der Waals surface area (Å²) in [5, 5.41) is 0.251. The molecule has 0 N–H and O–H groups in total. The molecule has 0 heterocycles. The first kappa shape index (κ1) is 17.1. The van der Waals surface area contributed by atoms with E-state index in [2.05, 4.69) is 69.9 Å². The lowest BCUT2D eigenvalue weighted by molar-refractivity contribution is 0.228. The summed E-state index contributed by atoms with van der Waals surface area (Å²) in [7, 11) is -1.68. The smallest absolute Gasteiger partial charge is 0.192 e. The number of hydrogen-bond donors (Lipinski definition) is 0. The number of halogens is 1. The van der Waals surface area contributed by atoms with Gasteiger partial charge >= 0.3 is 0 Å². The molecule has 0 saturated carbocycles. The highest BCUT2D eigenvalue weighted by atomic mass is 79.9. The van der Waals surface area contributed by atoms with E-state index in [1.807, 2.05) is 0 Å². The molecule has 3 heteroatoms. The van der Waals surface area contributed by atoms with Gasteiger partial charge in [0, 0.05) is 0 Å². The average Bonchev–Trinajstić information content (AvgIpc) is 2.11. The second kappa shape index (κ2) is 6.35. The predicted octanol–water partition coefficient (Wildman–Crippen LogP) is 5.64. The van der Waals surface area contributed by atoms with Crippen molar-refractivity contribution in [3.05, 3.63) is 23.2 Å². The molecule has 0 bridgehead atoms. The molecule has 100 valence electrons. The van der Waals surface area contributed by atoms with Crippen molar-refractivity contribution in [2.24, 2.45) is 0 Å². The fraction of sp³-hybridized carbons (Fsp3) is 0.714. The van der Waals surface area contributed by atoms with Crippen LogP contribution in [-0.4, -0.2) is 14.4 Å². The largest absolute Gasteiger partial charge is 0.411 e. The fourth-order valence-electron chi connectivity index (χ4n) is 1.20. The quantitative estimate of drug-likeness (QED) is 0.454. The lowest BCUT2D eigenvalue weighted by Crippen LogP contribution is -2.43. The molecule has 0 saturated heterocycles. The van der Waals surface area contributed by atoms with E-state index in [4.69, 9.17) is 4.43 Å². The summed E-state index contributed by atoms with van der Waals surface area (Å²) < 4.78 is 7.32. The maximum Gasteiger partial charge on any atom is 0.192 e. The maximum absolute atomic E-state index is 6.29. The monoisotopic (exact) mass is 318 g/mol. The summed E-state index contributed by atoms with van der Waals surface area (Å²) in [5.41, 5.74) is 1.16. The lowest BCUT2D eigenvalue weighted by Gasteiger charge is -2.39. The van der Waals surface area contributed by atoms with Crippen LogP contribution in [0, 0.1) is 0 Å². The summed E-state index contributed by atoms with van der Waals surface area (Å²) in [4.78, 5) is 0. The van der Waals surface area contributed by atoms with Crippen molar-refractivity contribution in [1.29, 1.82) is 0 Å². The van der Waals surface area contributed by atoms with Crippen LogP contribution in [0.4, 0.5) is 0 Å². The highest BCUT2D eigenvalue weighted by Gasteiger charge is 2.38. The van der Waals surface area contributed by atoms with Crippen molar-refractivity contribution < 1.29 is 4.43 Å². The molecule has 0 aromatic heterocycles. The molecule has 0 rings (SSSR count). The van der Waals surface area contributed by atoms with Gasteiger partial charge in [-0.15, -0.1) is 0 Å². The Hall–Kier alpha value is 0.137. The summed E-state index contributed by atoms with van der Waals surface area (Å²) in [6, 6.07) is 0. The van der Waals surface area contributed by atoms with E-state index < -0.39 is 8.32 Å². The third-order valence-electron chi connectivity index (χ3n) is 3.57. The first-order valence-electron chi connectivity index (χ1n) is 6.16. The molecule has 1 atom stereocenters. The molecule has 0 amide bonds. The molecule has 0 aliphatic carbocycles. The van der Waals surface area contributed by atoms with E-state index >= 15 is 0 Å². The van der Waals surface area contributed by atoms with Crippen LogP contribution in [0.15, 0.2) is 23.2 Å². The van der Waals surface area contributed by atoms with Gasteiger partial charge in [-0.1, -0.05) is 49.9 Å². The van der Waals surface area contributed by atoms with Crippen LogP contribution in [0.3, 0.4) is 0 Å². The molecule has 0 radical (unpaired) electrons. The minimum Gasteiger partial charge on any atom is -0.411 e.